The van der Waals surface area contributed by atoms with E-state index in [1.165, 1.54) is 0 Å². The van der Waals surface area contributed by atoms with Gasteiger partial charge in [-0.05, 0) is 51.3 Å². The van der Waals surface area contributed by atoms with E-state index in [1.54, 1.807) is 17.0 Å². The average molecular weight is 426 g/mol. The number of fused-ring (bicyclic) bond motifs is 1. The molecule has 3 rings (SSSR count). The molecule has 2 heterocycles. The van der Waals surface area contributed by atoms with Crippen LogP contribution in [0, 0.1) is 5.92 Å². The monoisotopic (exact) mass is 425 g/mol. The Morgan fingerprint density at radius 3 is 2.55 bits per heavy atom. The molecular formula is C21H28ClNO6. The first kappa shape index (κ1) is 21.6. The van der Waals surface area contributed by atoms with Gasteiger partial charge in [0.15, 0.2) is 11.5 Å². The molecule has 0 unspecified atom stereocenters. The number of carbonyl (C=O) groups is 2. The molecule has 1 aromatic rings. The van der Waals surface area contributed by atoms with Gasteiger partial charge in [0.25, 0.3) is 0 Å². The number of likely N-dealkylation sites (tertiary alicyclic amines) is 1. The van der Waals surface area contributed by atoms with Crippen molar-refractivity contribution < 1.29 is 28.5 Å². The van der Waals surface area contributed by atoms with Crippen molar-refractivity contribution >= 4 is 23.7 Å². The lowest BCUT2D eigenvalue weighted by molar-refractivity contribution is -0.151. The molecule has 1 saturated heterocycles. The Kier molecular flexibility index (Phi) is 6.77. The number of rotatable bonds is 3. The molecule has 0 N–H and O–H groups in total. The van der Waals surface area contributed by atoms with Crippen molar-refractivity contribution in [2.45, 2.75) is 52.2 Å². The molecule has 8 heteroatoms. The molecule has 1 amide bonds. The first-order valence-corrected chi connectivity index (χ1v) is 10.3. The highest BCUT2D eigenvalue weighted by Crippen LogP contribution is 2.38. The van der Waals surface area contributed by atoms with E-state index in [9.17, 15) is 9.59 Å². The molecule has 0 radical (unpaired) electrons. The van der Waals surface area contributed by atoms with Crippen molar-refractivity contribution in [3.8, 4) is 11.5 Å². The third kappa shape index (κ3) is 5.92. The number of halogens is 1. The highest BCUT2D eigenvalue weighted by molar-refractivity contribution is 6.32. The van der Waals surface area contributed by atoms with Crippen LogP contribution in [0.3, 0.4) is 0 Å². The molecular weight excluding hydrogens is 398 g/mol. The summed E-state index contributed by atoms with van der Waals surface area (Å²) in [6.07, 6.45) is 1.56. The zero-order valence-electron chi connectivity index (χ0n) is 17.2. The maximum atomic E-state index is 12.5. The van der Waals surface area contributed by atoms with Crippen molar-refractivity contribution in [2.24, 2.45) is 5.92 Å². The van der Waals surface area contributed by atoms with Crippen molar-refractivity contribution in [3.05, 3.63) is 22.7 Å². The second kappa shape index (κ2) is 9.11. The smallest absolute Gasteiger partial charge is 0.410 e. The van der Waals surface area contributed by atoms with Crippen LogP contribution in [0.4, 0.5) is 4.79 Å². The number of amides is 1. The second-order valence-corrected chi connectivity index (χ2v) is 8.71. The number of ether oxygens (including phenoxy) is 4. The minimum atomic E-state index is -0.531. The summed E-state index contributed by atoms with van der Waals surface area (Å²) in [7, 11) is 0. The van der Waals surface area contributed by atoms with Crippen LogP contribution in [0.5, 0.6) is 11.5 Å². The lowest BCUT2D eigenvalue weighted by Crippen LogP contribution is -2.43. The van der Waals surface area contributed by atoms with E-state index in [0.29, 0.717) is 55.7 Å². The Hall–Kier alpha value is -2.15. The van der Waals surface area contributed by atoms with Gasteiger partial charge in [0.05, 0.1) is 24.2 Å². The first-order chi connectivity index (χ1) is 13.7. The molecule has 29 heavy (non-hydrogen) atoms. The molecule has 0 saturated carbocycles. The largest absolute Gasteiger partial charge is 0.489 e. The summed E-state index contributed by atoms with van der Waals surface area (Å²) < 4.78 is 22.1. The fraction of sp³-hybridized carbons (Fsp3) is 0.619. The highest BCUT2D eigenvalue weighted by Gasteiger charge is 2.30. The van der Waals surface area contributed by atoms with E-state index in [2.05, 4.69) is 0 Å². The van der Waals surface area contributed by atoms with Crippen LogP contribution in [-0.2, 0) is 20.9 Å². The molecule has 7 nitrogen and oxygen atoms in total. The molecule has 1 aromatic carbocycles. The topological polar surface area (TPSA) is 74.3 Å². The van der Waals surface area contributed by atoms with Gasteiger partial charge in [-0.1, -0.05) is 11.6 Å². The number of esters is 1. The fourth-order valence-corrected chi connectivity index (χ4v) is 3.55. The minimum Gasteiger partial charge on any atom is -0.489 e. The van der Waals surface area contributed by atoms with Gasteiger partial charge in [0.2, 0.25) is 0 Å². The van der Waals surface area contributed by atoms with Crippen LogP contribution in [-0.4, -0.2) is 48.9 Å². The fourth-order valence-electron chi connectivity index (χ4n) is 3.26. The van der Waals surface area contributed by atoms with Crippen molar-refractivity contribution in [2.75, 3.05) is 26.3 Å². The summed E-state index contributed by atoms with van der Waals surface area (Å²) in [5.74, 6) is 0.613. The van der Waals surface area contributed by atoms with Crippen LogP contribution >= 0.6 is 11.6 Å². The molecule has 0 aliphatic carbocycles. The summed E-state index contributed by atoms with van der Waals surface area (Å²) >= 11 is 6.28. The summed E-state index contributed by atoms with van der Waals surface area (Å²) in [5.41, 5.74) is 0.218. The number of hydrogen-bond donors (Lipinski definition) is 0. The Bertz CT molecular complexity index is 752. The van der Waals surface area contributed by atoms with E-state index >= 15 is 0 Å². The number of piperidine rings is 1. The lowest BCUT2D eigenvalue weighted by atomic mass is 9.97. The van der Waals surface area contributed by atoms with Crippen LogP contribution in [0.15, 0.2) is 12.1 Å². The third-order valence-corrected chi connectivity index (χ3v) is 5.00. The number of benzene rings is 1. The minimum absolute atomic E-state index is 0.113. The number of hydrogen-bond acceptors (Lipinski definition) is 6. The van der Waals surface area contributed by atoms with Crippen molar-refractivity contribution in [1.29, 1.82) is 0 Å². The Balaban J connectivity index is 1.50. The molecule has 160 valence electrons. The Morgan fingerprint density at radius 2 is 1.86 bits per heavy atom. The number of nitrogens with zero attached hydrogens (tertiary/aromatic N) is 1. The van der Waals surface area contributed by atoms with Gasteiger partial charge in [-0.15, -0.1) is 0 Å². The van der Waals surface area contributed by atoms with Gasteiger partial charge in [-0.3, -0.25) is 4.79 Å². The van der Waals surface area contributed by atoms with E-state index in [0.717, 1.165) is 12.0 Å². The molecule has 0 atom stereocenters. The molecule has 2 aliphatic rings. The van der Waals surface area contributed by atoms with Crippen LogP contribution in [0.1, 0.15) is 45.6 Å². The van der Waals surface area contributed by atoms with Gasteiger partial charge < -0.3 is 23.8 Å². The lowest BCUT2D eigenvalue weighted by Gasteiger charge is -2.32. The highest BCUT2D eigenvalue weighted by atomic mass is 35.5. The summed E-state index contributed by atoms with van der Waals surface area (Å²) in [5, 5.41) is 0.445. The summed E-state index contributed by atoms with van der Waals surface area (Å²) in [6.45, 7) is 7.69. The normalized spacial score (nSPS) is 17.4. The first-order valence-electron chi connectivity index (χ1n) is 9.95. The Labute approximate surface area is 176 Å². The van der Waals surface area contributed by atoms with E-state index in [1.807, 2.05) is 20.8 Å². The van der Waals surface area contributed by atoms with E-state index < -0.39 is 5.60 Å². The molecule has 0 bridgehead atoms. The van der Waals surface area contributed by atoms with Gasteiger partial charge in [0.1, 0.15) is 12.2 Å². The van der Waals surface area contributed by atoms with Crippen LogP contribution in [0.2, 0.25) is 5.02 Å². The van der Waals surface area contributed by atoms with Gasteiger partial charge >= 0.3 is 12.1 Å². The predicted octanol–water partition coefficient (Wildman–Crippen LogP) is 4.19. The zero-order valence-corrected chi connectivity index (χ0v) is 17.9. The zero-order chi connectivity index (χ0) is 21.0. The quantitative estimate of drug-likeness (QED) is 0.676. The van der Waals surface area contributed by atoms with Crippen LogP contribution in [0.25, 0.3) is 0 Å². The molecule has 1 fully saturated rings. The molecule has 2 aliphatic heterocycles. The van der Waals surface area contributed by atoms with Crippen molar-refractivity contribution in [3.63, 3.8) is 0 Å². The summed E-state index contributed by atoms with van der Waals surface area (Å²) in [6, 6.07) is 3.53. The van der Waals surface area contributed by atoms with Gasteiger partial charge in [-0.25, -0.2) is 4.79 Å². The number of carbonyl (C=O) groups excluding carboxylic acids is 2. The van der Waals surface area contributed by atoms with Crippen molar-refractivity contribution in [1.82, 2.24) is 4.90 Å². The summed E-state index contributed by atoms with van der Waals surface area (Å²) in [4.78, 5) is 26.2. The molecule has 0 aromatic heterocycles. The van der Waals surface area contributed by atoms with Crippen LogP contribution < -0.4 is 9.47 Å². The average Bonchev–Trinajstić information content (AvgIpc) is 2.91. The van der Waals surface area contributed by atoms with E-state index in [4.69, 9.17) is 30.5 Å². The maximum absolute atomic E-state index is 12.5. The van der Waals surface area contributed by atoms with E-state index in [-0.39, 0.29) is 24.6 Å². The maximum Gasteiger partial charge on any atom is 0.410 e. The Morgan fingerprint density at radius 1 is 1.17 bits per heavy atom. The SMILES string of the molecule is CC(C)(C)OC(=O)N1CCC(C(=O)OCc2cc(Cl)c3c(c2)OCCCO3)CC1. The second-order valence-electron chi connectivity index (χ2n) is 8.30. The van der Waals surface area contributed by atoms with Gasteiger partial charge in [0, 0.05) is 19.5 Å². The third-order valence-electron chi connectivity index (χ3n) is 4.72. The molecule has 0 spiro atoms. The standard InChI is InChI=1S/C21H28ClNO6/c1-21(2,3)29-20(25)23-7-5-15(6-8-23)19(24)28-13-14-11-16(22)18-17(12-14)26-9-4-10-27-18/h11-12,15H,4-10,13H2,1-3H3. The van der Waals surface area contributed by atoms with Gasteiger partial charge in [-0.2, -0.15) is 0 Å². The predicted molar refractivity (Wildman–Crippen MR) is 107 cm³/mol.